The Morgan fingerprint density at radius 1 is 1.46 bits per heavy atom. The van der Waals surface area contributed by atoms with Gasteiger partial charge in [0.15, 0.2) is 0 Å². The maximum Gasteiger partial charge on any atom is 0.269 e. The summed E-state index contributed by atoms with van der Waals surface area (Å²) in [6.45, 7) is 6.96. The fourth-order valence-electron chi connectivity index (χ4n) is 2.28. The normalized spacial score (nSPS) is 10.6. The van der Waals surface area contributed by atoms with Crippen LogP contribution in [0, 0.1) is 17.0 Å². The second-order valence-corrected chi connectivity index (χ2v) is 6.37. The van der Waals surface area contributed by atoms with Crippen molar-refractivity contribution >= 4 is 28.6 Å². The third kappa shape index (κ3) is 5.00. The number of aryl methyl sites for hydroxylation is 1. The number of hydrogen-bond acceptors (Lipinski definition) is 5. The molecule has 2 aromatic rings. The summed E-state index contributed by atoms with van der Waals surface area (Å²) >= 11 is 1.64. The molecule has 1 aromatic carbocycles. The summed E-state index contributed by atoms with van der Waals surface area (Å²) in [4.78, 5) is 25.7. The third-order valence-corrected chi connectivity index (χ3v) is 4.27. The first-order valence-electron chi connectivity index (χ1n) is 7.40. The Bertz CT molecular complexity index is 729. The molecule has 6 nitrogen and oxygen atoms in total. The van der Waals surface area contributed by atoms with Gasteiger partial charge in [0, 0.05) is 35.8 Å². The molecule has 0 aliphatic rings. The molecule has 0 radical (unpaired) electrons. The summed E-state index contributed by atoms with van der Waals surface area (Å²) in [5.41, 5.74) is 1.25. The largest absolute Gasteiger partial charge is 0.325 e. The van der Waals surface area contributed by atoms with Crippen LogP contribution < -0.4 is 5.32 Å². The number of carbonyl (C=O) groups is 1. The van der Waals surface area contributed by atoms with E-state index in [1.807, 2.05) is 22.4 Å². The van der Waals surface area contributed by atoms with E-state index in [-0.39, 0.29) is 18.1 Å². The SMILES string of the molecule is C=CCN(CC(=O)Nc1ccc([N+](=O)[O-])cc1C)Cc1cccs1. The summed E-state index contributed by atoms with van der Waals surface area (Å²) in [6, 6.07) is 8.40. The summed E-state index contributed by atoms with van der Waals surface area (Å²) in [5.74, 6) is -0.162. The van der Waals surface area contributed by atoms with Crippen molar-refractivity contribution in [3.63, 3.8) is 0 Å². The van der Waals surface area contributed by atoms with Crippen molar-refractivity contribution in [3.05, 3.63) is 68.9 Å². The van der Waals surface area contributed by atoms with E-state index in [2.05, 4.69) is 11.9 Å². The molecule has 24 heavy (non-hydrogen) atoms. The maximum absolute atomic E-state index is 12.3. The van der Waals surface area contributed by atoms with Gasteiger partial charge in [0.1, 0.15) is 0 Å². The highest BCUT2D eigenvalue weighted by molar-refractivity contribution is 7.09. The van der Waals surface area contributed by atoms with Gasteiger partial charge in [-0.25, -0.2) is 0 Å². The van der Waals surface area contributed by atoms with E-state index in [1.54, 1.807) is 30.4 Å². The average Bonchev–Trinajstić information content (AvgIpc) is 3.02. The highest BCUT2D eigenvalue weighted by Crippen LogP contribution is 2.21. The minimum Gasteiger partial charge on any atom is -0.325 e. The molecule has 0 saturated carbocycles. The Morgan fingerprint density at radius 2 is 2.25 bits per heavy atom. The van der Waals surface area contributed by atoms with Crippen molar-refractivity contribution < 1.29 is 9.72 Å². The molecule has 0 unspecified atom stereocenters. The number of hydrogen-bond donors (Lipinski definition) is 1. The Balaban J connectivity index is 2.00. The number of non-ortho nitro benzene ring substituents is 1. The predicted octanol–water partition coefficient (Wildman–Crippen LogP) is 3.59. The molecule has 0 aliphatic carbocycles. The zero-order valence-corrected chi connectivity index (χ0v) is 14.2. The Morgan fingerprint density at radius 3 is 2.83 bits per heavy atom. The van der Waals surface area contributed by atoms with Gasteiger partial charge in [-0.3, -0.25) is 19.8 Å². The Labute approximate surface area is 144 Å². The molecule has 7 heteroatoms. The number of benzene rings is 1. The van der Waals surface area contributed by atoms with E-state index in [0.717, 1.165) is 0 Å². The van der Waals surface area contributed by atoms with Gasteiger partial charge < -0.3 is 5.32 Å². The Kier molecular flexibility index (Phi) is 6.22. The molecule has 0 fully saturated rings. The lowest BCUT2D eigenvalue weighted by Crippen LogP contribution is -2.33. The Hall–Kier alpha value is -2.51. The molecule has 0 atom stereocenters. The van der Waals surface area contributed by atoms with Gasteiger partial charge in [0.25, 0.3) is 5.69 Å². The molecule has 2 rings (SSSR count). The van der Waals surface area contributed by atoms with Gasteiger partial charge in [-0.1, -0.05) is 12.1 Å². The van der Waals surface area contributed by atoms with Crippen molar-refractivity contribution in [1.29, 1.82) is 0 Å². The van der Waals surface area contributed by atoms with Crippen LogP contribution in [0.5, 0.6) is 0 Å². The van der Waals surface area contributed by atoms with E-state index < -0.39 is 4.92 Å². The number of nitrogens with one attached hydrogen (secondary N) is 1. The van der Waals surface area contributed by atoms with E-state index in [4.69, 9.17) is 0 Å². The van der Waals surface area contributed by atoms with E-state index >= 15 is 0 Å². The van der Waals surface area contributed by atoms with Gasteiger partial charge in [0.05, 0.1) is 11.5 Å². The zero-order chi connectivity index (χ0) is 17.5. The molecule has 0 saturated heterocycles. The van der Waals surface area contributed by atoms with Crippen LogP contribution in [0.25, 0.3) is 0 Å². The molecule has 1 amide bonds. The lowest BCUT2D eigenvalue weighted by atomic mass is 10.2. The van der Waals surface area contributed by atoms with Crippen molar-refractivity contribution in [2.24, 2.45) is 0 Å². The third-order valence-electron chi connectivity index (χ3n) is 3.41. The molecular formula is C17H19N3O3S. The summed E-state index contributed by atoms with van der Waals surface area (Å²) in [6.07, 6.45) is 1.76. The second-order valence-electron chi connectivity index (χ2n) is 5.34. The number of carbonyl (C=O) groups excluding carboxylic acids is 1. The van der Waals surface area contributed by atoms with Crippen LogP contribution in [0.3, 0.4) is 0 Å². The molecule has 1 N–H and O–H groups in total. The lowest BCUT2D eigenvalue weighted by Gasteiger charge is -2.19. The molecule has 0 aliphatic heterocycles. The zero-order valence-electron chi connectivity index (χ0n) is 13.4. The van der Waals surface area contributed by atoms with Crippen LogP contribution in [-0.4, -0.2) is 28.8 Å². The highest BCUT2D eigenvalue weighted by Gasteiger charge is 2.13. The van der Waals surface area contributed by atoms with Gasteiger partial charge >= 0.3 is 0 Å². The first-order chi connectivity index (χ1) is 11.5. The molecule has 0 spiro atoms. The van der Waals surface area contributed by atoms with Gasteiger partial charge in [-0.15, -0.1) is 17.9 Å². The van der Waals surface area contributed by atoms with E-state index in [0.29, 0.717) is 24.3 Å². The van der Waals surface area contributed by atoms with E-state index in [9.17, 15) is 14.9 Å². The monoisotopic (exact) mass is 345 g/mol. The minimum atomic E-state index is -0.453. The fraction of sp³-hybridized carbons (Fsp3) is 0.235. The molecule has 126 valence electrons. The predicted molar refractivity (Wildman–Crippen MR) is 96.3 cm³/mol. The van der Waals surface area contributed by atoms with Crippen LogP contribution in [0.2, 0.25) is 0 Å². The summed E-state index contributed by atoms with van der Waals surface area (Å²) < 4.78 is 0. The average molecular weight is 345 g/mol. The number of nitro benzene ring substituents is 1. The van der Waals surface area contributed by atoms with Crippen LogP contribution in [0.15, 0.2) is 48.4 Å². The number of rotatable bonds is 8. The first-order valence-corrected chi connectivity index (χ1v) is 8.28. The number of amides is 1. The van der Waals surface area contributed by atoms with Crippen molar-refractivity contribution in [1.82, 2.24) is 4.90 Å². The van der Waals surface area contributed by atoms with Gasteiger partial charge in [-0.2, -0.15) is 0 Å². The molecule has 1 heterocycles. The lowest BCUT2D eigenvalue weighted by molar-refractivity contribution is -0.384. The first kappa shape index (κ1) is 17.8. The van der Waals surface area contributed by atoms with Crippen LogP contribution in [0.4, 0.5) is 11.4 Å². The van der Waals surface area contributed by atoms with Crippen LogP contribution in [0.1, 0.15) is 10.4 Å². The smallest absolute Gasteiger partial charge is 0.269 e. The van der Waals surface area contributed by atoms with Gasteiger partial charge in [0.2, 0.25) is 5.91 Å². The molecule has 0 bridgehead atoms. The molecule has 1 aromatic heterocycles. The van der Waals surface area contributed by atoms with Gasteiger partial charge in [-0.05, 0) is 30.0 Å². The molecular weight excluding hydrogens is 326 g/mol. The number of nitrogens with zero attached hydrogens (tertiary/aromatic N) is 2. The van der Waals surface area contributed by atoms with Crippen molar-refractivity contribution in [2.45, 2.75) is 13.5 Å². The standard InChI is InChI=1S/C17H19N3O3S/c1-3-8-19(11-15-5-4-9-24-15)12-17(21)18-16-7-6-14(20(22)23)10-13(16)2/h3-7,9-10H,1,8,11-12H2,2H3,(H,18,21). The minimum absolute atomic E-state index is 0.0106. The fourth-order valence-corrected chi connectivity index (χ4v) is 3.03. The number of anilines is 1. The van der Waals surface area contributed by atoms with Crippen molar-refractivity contribution in [3.8, 4) is 0 Å². The van der Waals surface area contributed by atoms with Crippen LogP contribution in [-0.2, 0) is 11.3 Å². The second kappa shape index (κ2) is 8.37. The summed E-state index contributed by atoms with van der Waals surface area (Å²) in [5, 5.41) is 15.6. The van der Waals surface area contributed by atoms with Crippen LogP contribution >= 0.6 is 11.3 Å². The van der Waals surface area contributed by atoms with Crippen molar-refractivity contribution in [2.75, 3.05) is 18.4 Å². The number of nitro groups is 1. The number of thiophene rings is 1. The highest BCUT2D eigenvalue weighted by atomic mass is 32.1. The topological polar surface area (TPSA) is 75.5 Å². The van der Waals surface area contributed by atoms with E-state index in [1.165, 1.54) is 17.0 Å². The quantitative estimate of drug-likeness (QED) is 0.451. The maximum atomic E-state index is 12.3. The summed E-state index contributed by atoms with van der Waals surface area (Å²) in [7, 11) is 0.